The molecule has 0 fully saturated rings. The number of halogens is 3. The zero-order valence-corrected chi connectivity index (χ0v) is 15.3. The van der Waals surface area contributed by atoms with Crippen LogP contribution in [0.2, 0.25) is 0 Å². The van der Waals surface area contributed by atoms with E-state index in [1.165, 1.54) is 6.08 Å². The van der Waals surface area contributed by atoms with E-state index < -0.39 is 54.8 Å². The summed E-state index contributed by atoms with van der Waals surface area (Å²) in [5.41, 5.74) is 5.08. The van der Waals surface area contributed by atoms with Crippen LogP contribution in [0.25, 0.3) is 0 Å². The summed E-state index contributed by atoms with van der Waals surface area (Å²) >= 11 is 0. The molecule has 30 heavy (non-hydrogen) atoms. The van der Waals surface area contributed by atoms with Crippen LogP contribution >= 0.6 is 0 Å². The molecule has 0 saturated heterocycles. The lowest BCUT2D eigenvalue weighted by atomic mass is 9.90. The first-order valence-electron chi connectivity index (χ1n) is 8.51. The molecule has 0 radical (unpaired) electrons. The smallest absolute Gasteiger partial charge is 0.406 e. The molecule has 0 unspecified atom stereocenters. The van der Waals surface area contributed by atoms with E-state index in [9.17, 15) is 37.8 Å². The monoisotopic (exact) mass is 432 g/mol. The molecular weight excluding hydrogens is 413 g/mol. The average Bonchev–Trinajstić information content (AvgIpc) is 2.63. The molecule has 0 spiro atoms. The lowest BCUT2D eigenvalue weighted by Crippen LogP contribution is -2.52. The minimum Gasteiger partial charge on any atom is -0.406 e. The minimum absolute atomic E-state index is 0.0213. The number of anilines is 1. The van der Waals surface area contributed by atoms with Crippen LogP contribution in [-0.2, 0) is 9.59 Å². The van der Waals surface area contributed by atoms with Crippen molar-refractivity contribution in [1.29, 1.82) is 0 Å². The molecule has 0 bridgehead atoms. The highest BCUT2D eigenvalue weighted by atomic mass is 19.4. The van der Waals surface area contributed by atoms with E-state index in [4.69, 9.17) is 5.73 Å². The van der Waals surface area contributed by atoms with Gasteiger partial charge in [-0.05, 0) is 24.3 Å². The van der Waals surface area contributed by atoms with E-state index >= 15 is 0 Å². The van der Waals surface area contributed by atoms with Crippen molar-refractivity contribution in [2.45, 2.75) is 31.0 Å². The summed E-state index contributed by atoms with van der Waals surface area (Å²) in [4.78, 5) is 34.9. The van der Waals surface area contributed by atoms with Crippen molar-refractivity contribution in [1.82, 2.24) is 10.6 Å². The van der Waals surface area contributed by atoms with E-state index in [2.05, 4.69) is 20.7 Å². The summed E-state index contributed by atoms with van der Waals surface area (Å²) in [5.74, 6) is -1.96. The standard InChI is InChI=1S/C17H19F3N4O6/c18-17(19,20)30-10-3-1-9(2-4-10)23-16(29)24-11-5-8(6-12(25)14(11)27)15(28)22-7-13(21)26/h1-5,11-12,14,25,27H,6-7H2,(H2,21,26)(H,22,28)(H2,23,24,29)/t11-,12+,14+/m0/s1. The highest BCUT2D eigenvalue weighted by Gasteiger charge is 2.34. The number of primary amides is 1. The fraction of sp³-hybridized carbons (Fsp3) is 0.353. The van der Waals surface area contributed by atoms with E-state index in [0.29, 0.717) is 0 Å². The average molecular weight is 432 g/mol. The van der Waals surface area contributed by atoms with Crippen molar-refractivity contribution in [3.05, 3.63) is 35.9 Å². The van der Waals surface area contributed by atoms with Crippen LogP contribution in [0.3, 0.4) is 0 Å². The molecule has 2 rings (SSSR count). The molecule has 1 aromatic rings. The molecule has 3 atom stereocenters. The number of benzene rings is 1. The molecule has 164 valence electrons. The van der Waals surface area contributed by atoms with E-state index in [1.54, 1.807) is 0 Å². The summed E-state index contributed by atoms with van der Waals surface area (Å²) in [6, 6.07) is 2.28. The maximum atomic E-state index is 12.2. The molecule has 1 aromatic carbocycles. The fourth-order valence-electron chi connectivity index (χ4n) is 2.60. The van der Waals surface area contributed by atoms with E-state index in [-0.39, 0.29) is 17.7 Å². The normalized spacial score (nSPS) is 21.2. The van der Waals surface area contributed by atoms with Crippen molar-refractivity contribution < 1.29 is 42.5 Å². The van der Waals surface area contributed by atoms with Crippen LogP contribution < -0.4 is 26.4 Å². The quantitative estimate of drug-likeness (QED) is 0.362. The van der Waals surface area contributed by atoms with Gasteiger partial charge in [0.15, 0.2) is 0 Å². The Morgan fingerprint density at radius 2 is 1.80 bits per heavy atom. The highest BCUT2D eigenvalue weighted by Crippen LogP contribution is 2.24. The van der Waals surface area contributed by atoms with Gasteiger partial charge in [0, 0.05) is 17.7 Å². The topological polar surface area (TPSA) is 163 Å². The van der Waals surface area contributed by atoms with Crippen molar-refractivity contribution in [3.63, 3.8) is 0 Å². The Balaban J connectivity index is 2.00. The van der Waals surface area contributed by atoms with Gasteiger partial charge in [-0.3, -0.25) is 9.59 Å². The van der Waals surface area contributed by atoms with Gasteiger partial charge < -0.3 is 36.6 Å². The van der Waals surface area contributed by atoms with Gasteiger partial charge in [0.25, 0.3) is 0 Å². The number of amides is 4. The van der Waals surface area contributed by atoms with Crippen molar-refractivity contribution in [2.75, 3.05) is 11.9 Å². The molecule has 0 aromatic heterocycles. The van der Waals surface area contributed by atoms with Gasteiger partial charge in [-0.15, -0.1) is 13.2 Å². The van der Waals surface area contributed by atoms with Crippen LogP contribution in [0.15, 0.2) is 35.9 Å². The zero-order valence-electron chi connectivity index (χ0n) is 15.3. The second kappa shape index (κ2) is 9.45. The summed E-state index contributed by atoms with van der Waals surface area (Å²) < 4.78 is 40.2. The van der Waals surface area contributed by atoms with Crippen molar-refractivity contribution in [3.8, 4) is 5.75 Å². The third-order valence-corrected chi connectivity index (χ3v) is 3.93. The first-order valence-corrected chi connectivity index (χ1v) is 8.51. The number of nitrogens with two attached hydrogens (primary N) is 1. The molecule has 1 aliphatic carbocycles. The Kier molecular flexibility index (Phi) is 7.24. The molecular formula is C17H19F3N4O6. The maximum Gasteiger partial charge on any atom is 0.573 e. The Morgan fingerprint density at radius 3 is 2.37 bits per heavy atom. The Hall–Kier alpha value is -3.32. The number of alkyl halides is 3. The highest BCUT2D eigenvalue weighted by molar-refractivity contribution is 5.96. The lowest BCUT2D eigenvalue weighted by Gasteiger charge is -2.31. The van der Waals surface area contributed by atoms with Gasteiger partial charge in [0.2, 0.25) is 11.8 Å². The largest absolute Gasteiger partial charge is 0.573 e. The first kappa shape index (κ1) is 23.0. The Bertz CT molecular complexity index is 828. The number of aliphatic hydroxyl groups is 2. The predicted octanol–water partition coefficient (Wildman–Crippen LogP) is -0.271. The van der Waals surface area contributed by atoms with Crippen molar-refractivity contribution in [2.24, 2.45) is 5.73 Å². The zero-order chi connectivity index (χ0) is 22.5. The van der Waals surface area contributed by atoms with Crippen LogP contribution in [0, 0.1) is 0 Å². The number of hydrogen-bond donors (Lipinski definition) is 6. The molecule has 0 heterocycles. The van der Waals surface area contributed by atoms with Crippen LogP contribution in [0.5, 0.6) is 5.75 Å². The molecule has 0 aliphatic heterocycles. The van der Waals surface area contributed by atoms with E-state index in [1.807, 2.05) is 0 Å². The number of rotatable bonds is 6. The first-order chi connectivity index (χ1) is 13.9. The Morgan fingerprint density at radius 1 is 1.17 bits per heavy atom. The second-order valence-electron chi connectivity index (χ2n) is 6.30. The molecule has 1 aliphatic rings. The SMILES string of the molecule is NC(=O)CNC(=O)C1=C[C@H](NC(=O)Nc2ccc(OC(F)(F)F)cc2)[C@@H](O)[C@H](O)C1. The van der Waals surface area contributed by atoms with Crippen LogP contribution in [0.1, 0.15) is 6.42 Å². The molecule has 0 saturated carbocycles. The van der Waals surface area contributed by atoms with Crippen LogP contribution in [-0.4, -0.2) is 59.2 Å². The van der Waals surface area contributed by atoms with Gasteiger partial charge >= 0.3 is 12.4 Å². The number of hydrogen-bond acceptors (Lipinski definition) is 6. The number of carbonyl (C=O) groups excluding carboxylic acids is 3. The number of ether oxygens (including phenoxy) is 1. The number of urea groups is 1. The van der Waals surface area contributed by atoms with Gasteiger partial charge in [-0.2, -0.15) is 0 Å². The molecule has 4 amide bonds. The van der Waals surface area contributed by atoms with Crippen molar-refractivity contribution >= 4 is 23.5 Å². The Labute approximate surface area is 167 Å². The third-order valence-electron chi connectivity index (χ3n) is 3.93. The summed E-state index contributed by atoms with van der Waals surface area (Å²) in [5, 5.41) is 26.9. The van der Waals surface area contributed by atoms with E-state index in [0.717, 1.165) is 24.3 Å². The molecule has 7 N–H and O–H groups in total. The summed E-state index contributed by atoms with van der Waals surface area (Å²) in [7, 11) is 0. The third kappa shape index (κ3) is 6.93. The number of nitrogens with one attached hydrogen (secondary N) is 3. The number of aliphatic hydroxyl groups excluding tert-OH is 2. The predicted molar refractivity (Wildman–Crippen MR) is 96.0 cm³/mol. The van der Waals surface area contributed by atoms with Gasteiger partial charge in [-0.1, -0.05) is 6.08 Å². The lowest BCUT2D eigenvalue weighted by molar-refractivity contribution is -0.274. The summed E-state index contributed by atoms with van der Waals surface area (Å²) in [6.45, 7) is -0.429. The maximum absolute atomic E-state index is 12.2. The number of carbonyl (C=O) groups is 3. The molecule has 10 nitrogen and oxygen atoms in total. The summed E-state index contributed by atoms with van der Waals surface area (Å²) in [6.07, 6.45) is -6.64. The fourth-order valence-corrected chi connectivity index (χ4v) is 2.60. The second-order valence-corrected chi connectivity index (χ2v) is 6.30. The van der Waals surface area contributed by atoms with Crippen LogP contribution in [0.4, 0.5) is 23.7 Å². The van der Waals surface area contributed by atoms with Gasteiger partial charge in [0.1, 0.15) is 11.9 Å². The molecule has 13 heteroatoms. The van der Waals surface area contributed by atoms with Gasteiger partial charge in [-0.25, -0.2) is 4.79 Å². The minimum atomic E-state index is -4.85. The van der Waals surface area contributed by atoms with Gasteiger partial charge in [0.05, 0.1) is 18.7 Å².